The third kappa shape index (κ3) is 4.51. The van der Waals surface area contributed by atoms with Gasteiger partial charge < -0.3 is 15.2 Å². The van der Waals surface area contributed by atoms with Crippen molar-refractivity contribution >= 4 is 11.0 Å². The van der Waals surface area contributed by atoms with Gasteiger partial charge in [0.05, 0.1) is 43.3 Å². The van der Waals surface area contributed by atoms with E-state index in [0.29, 0.717) is 6.54 Å². The van der Waals surface area contributed by atoms with Gasteiger partial charge in [-0.15, -0.1) is 0 Å². The topological polar surface area (TPSA) is 88.1 Å². The Balaban J connectivity index is 1.78. The molecule has 160 valence electrons. The van der Waals surface area contributed by atoms with Crippen LogP contribution in [0, 0.1) is 0 Å². The van der Waals surface area contributed by atoms with Crippen LogP contribution in [-0.4, -0.2) is 40.5 Å². The number of fused-ring (bicyclic) bond motifs is 1. The lowest BCUT2D eigenvalue weighted by molar-refractivity contribution is 0.393. The molecule has 0 saturated carbocycles. The molecule has 2 aromatic carbocycles. The molecule has 7 nitrogen and oxygen atoms in total. The first kappa shape index (κ1) is 20.8. The Morgan fingerprint density at radius 1 is 0.968 bits per heavy atom. The zero-order valence-electron chi connectivity index (χ0n) is 18.1. The standard InChI is InChI=1S/C24H27N5O2/c1-29-15-18(13-27-29)24-14-26-22-7-6-16(11-23(22)28-24)21(5-4-8-25)17-9-19(30-2)12-20(10-17)31-3/h6-7,9-15,21H,4-5,8,25H2,1-3H3. The summed E-state index contributed by atoms with van der Waals surface area (Å²) in [5, 5.41) is 4.24. The van der Waals surface area contributed by atoms with Crippen LogP contribution >= 0.6 is 0 Å². The van der Waals surface area contributed by atoms with Gasteiger partial charge in [0.25, 0.3) is 0 Å². The molecule has 0 fully saturated rings. The first-order chi connectivity index (χ1) is 15.1. The van der Waals surface area contributed by atoms with E-state index in [9.17, 15) is 0 Å². The van der Waals surface area contributed by atoms with E-state index < -0.39 is 0 Å². The molecule has 2 heterocycles. The van der Waals surface area contributed by atoms with Crippen molar-refractivity contribution in [1.29, 1.82) is 0 Å². The van der Waals surface area contributed by atoms with E-state index >= 15 is 0 Å². The van der Waals surface area contributed by atoms with Gasteiger partial charge in [-0.1, -0.05) is 6.07 Å². The number of nitrogens with zero attached hydrogens (tertiary/aromatic N) is 4. The van der Waals surface area contributed by atoms with Gasteiger partial charge in [0.1, 0.15) is 11.5 Å². The lowest BCUT2D eigenvalue weighted by Crippen LogP contribution is -2.07. The van der Waals surface area contributed by atoms with Crippen molar-refractivity contribution in [1.82, 2.24) is 19.7 Å². The van der Waals surface area contributed by atoms with Gasteiger partial charge >= 0.3 is 0 Å². The van der Waals surface area contributed by atoms with Crippen molar-refractivity contribution in [2.24, 2.45) is 12.8 Å². The summed E-state index contributed by atoms with van der Waals surface area (Å²) in [6.45, 7) is 0.635. The van der Waals surface area contributed by atoms with E-state index in [0.717, 1.165) is 57.8 Å². The smallest absolute Gasteiger partial charge is 0.122 e. The largest absolute Gasteiger partial charge is 0.497 e. The molecule has 0 amide bonds. The Labute approximate surface area is 181 Å². The lowest BCUT2D eigenvalue weighted by Gasteiger charge is -2.20. The Hall–Kier alpha value is -3.45. The van der Waals surface area contributed by atoms with E-state index in [1.165, 1.54) is 0 Å². The van der Waals surface area contributed by atoms with Gasteiger partial charge in [-0.25, -0.2) is 4.98 Å². The lowest BCUT2D eigenvalue weighted by atomic mass is 9.87. The van der Waals surface area contributed by atoms with Crippen LogP contribution in [0.4, 0.5) is 0 Å². The predicted molar refractivity (Wildman–Crippen MR) is 121 cm³/mol. The summed E-state index contributed by atoms with van der Waals surface area (Å²) in [6.07, 6.45) is 7.34. The van der Waals surface area contributed by atoms with Crippen LogP contribution < -0.4 is 15.2 Å². The quantitative estimate of drug-likeness (QED) is 0.467. The van der Waals surface area contributed by atoms with E-state index in [1.807, 2.05) is 25.4 Å². The first-order valence-electron chi connectivity index (χ1n) is 10.3. The van der Waals surface area contributed by atoms with Crippen LogP contribution in [-0.2, 0) is 7.05 Å². The zero-order chi connectivity index (χ0) is 21.8. The van der Waals surface area contributed by atoms with Crippen molar-refractivity contribution in [3.63, 3.8) is 0 Å². The summed E-state index contributed by atoms with van der Waals surface area (Å²) in [5.41, 5.74) is 11.6. The van der Waals surface area contributed by atoms with Gasteiger partial charge in [0, 0.05) is 30.8 Å². The van der Waals surface area contributed by atoms with E-state index in [2.05, 4.69) is 34.3 Å². The molecule has 2 N–H and O–H groups in total. The number of hydrogen-bond acceptors (Lipinski definition) is 6. The van der Waals surface area contributed by atoms with E-state index in [1.54, 1.807) is 31.3 Å². The molecule has 0 spiro atoms. The minimum Gasteiger partial charge on any atom is -0.497 e. The number of methoxy groups -OCH3 is 2. The summed E-state index contributed by atoms with van der Waals surface area (Å²) in [5.74, 6) is 1.68. The normalized spacial score (nSPS) is 12.1. The highest BCUT2D eigenvalue weighted by Crippen LogP contribution is 2.35. The molecule has 0 aliphatic rings. The number of aromatic nitrogens is 4. The Kier molecular flexibility index (Phi) is 6.13. The van der Waals surface area contributed by atoms with Gasteiger partial charge in [-0.05, 0) is 54.8 Å². The number of benzene rings is 2. The first-order valence-corrected chi connectivity index (χ1v) is 10.3. The van der Waals surface area contributed by atoms with E-state index in [-0.39, 0.29) is 5.92 Å². The Morgan fingerprint density at radius 3 is 2.39 bits per heavy atom. The molecule has 31 heavy (non-hydrogen) atoms. The van der Waals surface area contributed by atoms with E-state index in [4.69, 9.17) is 20.2 Å². The van der Waals surface area contributed by atoms with Gasteiger partial charge in [0.15, 0.2) is 0 Å². The van der Waals surface area contributed by atoms with Crippen LogP contribution in [0.1, 0.15) is 29.9 Å². The molecular weight excluding hydrogens is 390 g/mol. The number of ether oxygens (including phenoxy) is 2. The molecule has 0 bridgehead atoms. The molecule has 4 aromatic rings. The third-order valence-electron chi connectivity index (χ3n) is 5.44. The summed E-state index contributed by atoms with van der Waals surface area (Å²) in [4.78, 5) is 9.45. The minimum atomic E-state index is 0.140. The molecule has 2 aromatic heterocycles. The van der Waals surface area contributed by atoms with Crippen LogP contribution in [0.5, 0.6) is 11.5 Å². The number of rotatable bonds is 8. The van der Waals surface area contributed by atoms with Crippen molar-refractivity contribution < 1.29 is 9.47 Å². The van der Waals surface area contributed by atoms with Crippen LogP contribution in [0.25, 0.3) is 22.3 Å². The highest BCUT2D eigenvalue weighted by Gasteiger charge is 2.17. The molecule has 7 heteroatoms. The van der Waals surface area contributed by atoms with Gasteiger partial charge in [-0.2, -0.15) is 5.10 Å². The minimum absolute atomic E-state index is 0.140. The maximum atomic E-state index is 5.84. The molecule has 0 saturated heterocycles. The fraction of sp³-hybridized carbons (Fsp3) is 0.292. The molecule has 1 atom stereocenters. The summed E-state index contributed by atoms with van der Waals surface area (Å²) >= 11 is 0. The SMILES string of the molecule is COc1cc(OC)cc(C(CCCN)c2ccc3ncc(-c4cnn(C)c4)nc3c2)c1. The van der Waals surface area contributed by atoms with Gasteiger partial charge in [0.2, 0.25) is 0 Å². The average molecular weight is 418 g/mol. The Morgan fingerprint density at radius 2 is 1.74 bits per heavy atom. The molecule has 1 unspecified atom stereocenters. The van der Waals surface area contributed by atoms with Crippen LogP contribution in [0.3, 0.4) is 0 Å². The maximum absolute atomic E-state index is 5.84. The zero-order valence-corrected chi connectivity index (χ0v) is 18.1. The van der Waals surface area contributed by atoms with Gasteiger partial charge in [-0.3, -0.25) is 9.67 Å². The second-order valence-electron chi connectivity index (χ2n) is 7.54. The second-order valence-corrected chi connectivity index (χ2v) is 7.54. The number of aryl methyl sites for hydroxylation is 1. The Bertz CT molecular complexity index is 1170. The summed E-state index contributed by atoms with van der Waals surface area (Å²) in [7, 11) is 5.22. The highest BCUT2D eigenvalue weighted by atomic mass is 16.5. The fourth-order valence-corrected chi connectivity index (χ4v) is 3.82. The van der Waals surface area contributed by atoms with Crippen molar-refractivity contribution in [2.75, 3.05) is 20.8 Å². The van der Waals surface area contributed by atoms with Crippen molar-refractivity contribution in [2.45, 2.75) is 18.8 Å². The number of hydrogen-bond donors (Lipinski definition) is 1. The van der Waals surface area contributed by atoms with Crippen molar-refractivity contribution in [3.05, 3.63) is 66.1 Å². The predicted octanol–water partition coefficient (Wildman–Crippen LogP) is 3.92. The fourth-order valence-electron chi connectivity index (χ4n) is 3.82. The molecular formula is C24H27N5O2. The monoisotopic (exact) mass is 417 g/mol. The second kappa shape index (κ2) is 9.14. The third-order valence-corrected chi connectivity index (χ3v) is 5.44. The summed E-state index contributed by atoms with van der Waals surface area (Å²) < 4.78 is 12.7. The molecule has 0 aliphatic heterocycles. The number of nitrogens with two attached hydrogens (primary N) is 1. The molecule has 0 aliphatic carbocycles. The van der Waals surface area contributed by atoms with Crippen molar-refractivity contribution in [3.8, 4) is 22.8 Å². The maximum Gasteiger partial charge on any atom is 0.122 e. The van der Waals surface area contributed by atoms with Crippen LogP contribution in [0.15, 0.2) is 55.0 Å². The summed E-state index contributed by atoms with van der Waals surface area (Å²) in [6, 6.07) is 12.3. The average Bonchev–Trinajstić information content (AvgIpc) is 3.24. The van der Waals surface area contributed by atoms with Crippen LogP contribution in [0.2, 0.25) is 0 Å². The highest BCUT2D eigenvalue weighted by molar-refractivity contribution is 5.78. The molecule has 4 rings (SSSR count). The molecule has 0 radical (unpaired) electrons.